The first-order chi connectivity index (χ1) is 11.1. The number of amides is 1. The number of nitrogens with zero attached hydrogens (tertiary/aromatic N) is 2. The Hall–Kier alpha value is -2.63. The first-order valence-electron chi connectivity index (χ1n) is 7.84. The van der Waals surface area contributed by atoms with Crippen LogP contribution in [0.5, 0.6) is 0 Å². The van der Waals surface area contributed by atoms with E-state index in [9.17, 15) is 9.59 Å². The maximum absolute atomic E-state index is 12.3. The van der Waals surface area contributed by atoms with Crippen LogP contribution in [0.2, 0.25) is 0 Å². The number of carboxylic acids is 1. The van der Waals surface area contributed by atoms with Gasteiger partial charge in [-0.15, -0.1) is 0 Å². The van der Waals surface area contributed by atoms with Gasteiger partial charge >= 0.3 is 5.97 Å². The highest BCUT2D eigenvalue weighted by atomic mass is 16.4. The monoisotopic (exact) mass is 329 g/mol. The summed E-state index contributed by atoms with van der Waals surface area (Å²) in [7, 11) is 0. The number of carbonyl (C=O) groups excluding carboxylic acids is 1. The van der Waals surface area contributed by atoms with Crippen molar-refractivity contribution in [3.8, 4) is 0 Å². The van der Waals surface area contributed by atoms with Crippen LogP contribution in [0, 0.1) is 0 Å². The molecule has 0 saturated heterocycles. The number of nitrogens with one attached hydrogen (secondary N) is 1. The largest absolute Gasteiger partial charge is 0.478 e. The van der Waals surface area contributed by atoms with Crippen molar-refractivity contribution in [1.82, 2.24) is 9.78 Å². The van der Waals surface area contributed by atoms with E-state index in [1.165, 1.54) is 24.3 Å². The summed E-state index contributed by atoms with van der Waals surface area (Å²) in [6, 6.07) is 7.67. The molecule has 6 nitrogen and oxygen atoms in total. The fourth-order valence-electron chi connectivity index (χ4n) is 2.36. The van der Waals surface area contributed by atoms with E-state index >= 15 is 0 Å². The highest BCUT2D eigenvalue weighted by molar-refractivity contribution is 6.04. The van der Waals surface area contributed by atoms with E-state index in [2.05, 4.69) is 45.0 Å². The molecule has 0 fully saturated rings. The number of carbonyl (C=O) groups is 2. The summed E-state index contributed by atoms with van der Waals surface area (Å²) in [5.41, 5.74) is 1.38. The quantitative estimate of drug-likeness (QED) is 0.895. The predicted octanol–water partition coefficient (Wildman–Crippen LogP) is 3.71. The van der Waals surface area contributed by atoms with E-state index in [-0.39, 0.29) is 22.9 Å². The number of anilines is 1. The SMILES string of the molecule is CC(C)c1cc(NC(=O)c2ccc(C(=O)O)cc2)nn1C(C)(C)C. The summed E-state index contributed by atoms with van der Waals surface area (Å²) in [4.78, 5) is 23.2. The lowest BCUT2D eigenvalue weighted by Gasteiger charge is -2.23. The lowest BCUT2D eigenvalue weighted by molar-refractivity contribution is 0.0696. The van der Waals surface area contributed by atoms with Gasteiger partial charge in [-0.2, -0.15) is 5.10 Å². The zero-order chi connectivity index (χ0) is 18.1. The average molecular weight is 329 g/mol. The highest BCUT2D eigenvalue weighted by Crippen LogP contribution is 2.25. The van der Waals surface area contributed by atoms with Crippen LogP contribution < -0.4 is 5.32 Å². The summed E-state index contributed by atoms with van der Waals surface area (Å²) in [6.07, 6.45) is 0. The molecule has 0 atom stereocenters. The Bertz CT molecular complexity index is 753. The second kappa shape index (κ2) is 6.47. The number of aromatic nitrogens is 2. The van der Waals surface area contributed by atoms with Gasteiger partial charge in [-0.25, -0.2) is 4.79 Å². The number of hydrogen-bond acceptors (Lipinski definition) is 3. The molecule has 0 aliphatic heterocycles. The standard InChI is InChI=1S/C18H23N3O3/c1-11(2)14-10-15(20-21(14)18(3,4)5)19-16(22)12-6-8-13(9-7-12)17(23)24/h6-11H,1-5H3,(H,23,24)(H,19,20,22). The van der Waals surface area contributed by atoms with Gasteiger partial charge in [0.1, 0.15) is 0 Å². The maximum Gasteiger partial charge on any atom is 0.335 e. The summed E-state index contributed by atoms with van der Waals surface area (Å²) in [5.74, 6) is -0.577. The van der Waals surface area contributed by atoms with Crippen LogP contribution >= 0.6 is 0 Å². The van der Waals surface area contributed by atoms with Crippen LogP contribution in [-0.2, 0) is 5.54 Å². The molecule has 0 radical (unpaired) electrons. The molecule has 0 bridgehead atoms. The van der Waals surface area contributed by atoms with Gasteiger partial charge < -0.3 is 10.4 Å². The molecule has 1 heterocycles. The molecule has 24 heavy (non-hydrogen) atoms. The fraction of sp³-hybridized carbons (Fsp3) is 0.389. The summed E-state index contributed by atoms with van der Waals surface area (Å²) < 4.78 is 1.92. The van der Waals surface area contributed by atoms with Crippen LogP contribution in [-0.4, -0.2) is 26.8 Å². The van der Waals surface area contributed by atoms with Crippen LogP contribution in [0.15, 0.2) is 30.3 Å². The van der Waals surface area contributed by atoms with Crippen LogP contribution in [0.1, 0.15) is 66.9 Å². The maximum atomic E-state index is 12.3. The van der Waals surface area contributed by atoms with E-state index < -0.39 is 5.97 Å². The minimum absolute atomic E-state index is 0.144. The van der Waals surface area contributed by atoms with Crippen molar-refractivity contribution in [3.63, 3.8) is 0 Å². The van der Waals surface area contributed by atoms with Gasteiger partial charge in [0, 0.05) is 17.3 Å². The normalized spacial score (nSPS) is 11.6. The van der Waals surface area contributed by atoms with Crippen molar-refractivity contribution >= 4 is 17.7 Å². The van der Waals surface area contributed by atoms with Gasteiger partial charge in [-0.05, 0) is 51.0 Å². The third-order valence-corrected chi connectivity index (χ3v) is 3.60. The lowest BCUT2D eigenvalue weighted by atomic mass is 10.1. The number of aromatic carboxylic acids is 1. The van der Waals surface area contributed by atoms with Gasteiger partial charge in [-0.1, -0.05) is 13.8 Å². The van der Waals surface area contributed by atoms with Crippen LogP contribution in [0.25, 0.3) is 0 Å². The second-order valence-electron chi connectivity index (χ2n) is 7.03. The number of carboxylic acid groups (broad SMARTS) is 1. The Kier molecular flexibility index (Phi) is 4.78. The number of rotatable bonds is 4. The molecule has 0 saturated carbocycles. The molecule has 0 aliphatic carbocycles. The minimum Gasteiger partial charge on any atom is -0.478 e. The Labute approximate surface area is 141 Å². The van der Waals surface area contributed by atoms with E-state index in [0.29, 0.717) is 11.4 Å². The summed E-state index contributed by atoms with van der Waals surface area (Å²) >= 11 is 0. The van der Waals surface area contributed by atoms with Crippen molar-refractivity contribution in [2.75, 3.05) is 5.32 Å². The molecule has 1 aromatic carbocycles. The molecular formula is C18H23N3O3. The van der Waals surface area contributed by atoms with Gasteiger partial charge in [0.2, 0.25) is 0 Å². The fourth-order valence-corrected chi connectivity index (χ4v) is 2.36. The molecule has 0 spiro atoms. The Morgan fingerprint density at radius 3 is 2.08 bits per heavy atom. The van der Waals surface area contributed by atoms with Gasteiger partial charge in [-0.3, -0.25) is 9.48 Å². The van der Waals surface area contributed by atoms with Crippen molar-refractivity contribution < 1.29 is 14.7 Å². The van der Waals surface area contributed by atoms with Crippen molar-refractivity contribution in [2.45, 2.75) is 46.1 Å². The van der Waals surface area contributed by atoms with E-state index in [0.717, 1.165) is 5.69 Å². The average Bonchev–Trinajstić information content (AvgIpc) is 2.91. The predicted molar refractivity (Wildman–Crippen MR) is 92.7 cm³/mol. The van der Waals surface area contributed by atoms with Gasteiger partial charge in [0.15, 0.2) is 5.82 Å². The Balaban J connectivity index is 2.24. The molecule has 128 valence electrons. The molecule has 2 N–H and O–H groups in total. The Morgan fingerprint density at radius 1 is 1.12 bits per heavy atom. The summed E-state index contributed by atoms with van der Waals surface area (Å²) in [6.45, 7) is 10.3. The van der Waals surface area contributed by atoms with E-state index in [1.807, 2.05) is 10.7 Å². The third kappa shape index (κ3) is 3.82. The molecule has 0 unspecified atom stereocenters. The van der Waals surface area contributed by atoms with E-state index in [1.54, 1.807) is 0 Å². The summed E-state index contributed by atoms with van der Waals surface area (Å²) in [5, 5.41) is 16.2. The van der Waals surface area contributed by atoms with Crippen LogP contribution in [0.4, 0.5) is 5.82 Å². The number of hydrogen-bond donors (Lipinski definition) is 2. The topological polar surface area (TPSA) is 84.2 Å². The number of benzene rings is 1. The van der Waals surface area contributed by atoms with E-state index in [4.69, 9.17) is 5.11 Å². The zero-order valence-corrected chi connectivity index (χ0v) is 14.6. The molecule has 6 heteroatoms. The zero-order valence-electron chi connectivity index (χ0n) is 14.6. The van der Waals surface area contributed by atoms with Gasteiger partial charge in [0.25, 0.3) is 5.91 Å². The molecule has 1 amide bonds. The van der Waals surface area contributed by atoms with Crippen LogP contribution in [0.3, 0.4) is 0 Å². The first-order valence-corrected chi connectivity index (χ1v) is 7.84. The molecule has 2 aromatic rings. The highest BCUT2D eigenvalue weighted by Gasteiger charge is 2.22. The van der Waals surface area contributed by atoms with Crippen molar-refractivity contribution in [2.24, 2.45) is 0 Å². The second-order valence-corrected chi connectivity index (χ2v) is 7.03. The molecule has 2 rings (SSSR count). The molecule has 0 aliphatic rings. The van der Waals surface area contributed by atoms with Crippen molar-refractivity contribution in [3.05, 3.63) is 47.2 Å². The minimum atomic E-state index is -1.02. The lowest BCUT2D eigenvalue weighted by Crippen LogP contribution is -2.26. The van der Waals surface area contributed by atoms with Gasteiger partial charge in [0.05, 0.1) is 11.1 Å². The molecule has 1 aromatic heterocycles. The van der Waals surface area contributed by atoms with Crippen molar-refractivity contribution in [1.29, 1.82) is 0 Å². The molecular weight excluding hydrogens is 306 g/mol. The first kappa shape index (κ1) is 17.7. The smallest absolute Gasteiger partial charge is 0.335 e. The third-order valence-electron chi connectivity index (χ3n) is 3.60. The Morgan fingerprint density at radius 2 is 1.67 bits per heavy atom.